The Labute approximate surface area is 152 Å². The van der Waals surface area contributed by atoms with Gasteiger partial charge in [-0.25, -0.2) is 0 Å². The molecule has 0 fully saturated rings. The van der Waals surface area contributed by atoms with Gasteiger partial charge in [0, 0.05) is 14.5 Å². The molecule has 0 saturated heterocycles. The van der Waals surface area contributed by atoms with Crippen molar-refractivity contribution in [3.8, 4) is 22.9 Å². The molecule has 0 aliphatic carbocycles. The summed E-state index contributed by atoms with van der Waals surface area (Å²) in [6, 6.07) is 14.1. The molecule has 0 N–H and O–H groups in total. The number of hydrogen-bond acceptors (Lipinski definition) is 3. The molecule has 0 unspecified atom stereocenters. The summed E-state index contributed by atoms with van der Waals surface area (Å²) in [6.45, 7) is 6.58. The Morgan fingerprint density at radius 2 is 1.52 bits per heavy atom. The Morgan fingerprint density at radius 3 is 2.17 bits per heavy atom. The largest absolute Gasteiger partial charge is 0.416 e. The van der Waals surface area contributed by atoms with Crippen LogP contribution in [0.2, 0.25) is 0 Å². The summed E-state index contributed by atoms with van der Waals surface area (Å²) >= 11 is 6.98. The summed E-state index contributed by atoms with van der Waals surface area (Å²) in [4.78, 5) is 0. The van der Waals surface area contributed by atoms with E-state index in [1.54, 1.807) is 0 Å². The van der Waals surface area contributed by atoms with Crippen LogP contribution in [0.1, 0.15) is 26.3 Å². The van der Waals surface area contributed by atoms with Crippen LogP contribution in [0.25, 0.3) is 22.9 Å². The van der Waals surface area contributed by atoms with Crippen molar-refractivity contribution < 1.29 is 4.42 Å². The van der Waals surface area contributed by atoms with Gasteiger partial charge in [-0.15, -0.1) is 10.2 Å². The molecule has 3 nitrogen and oxygen atoms in total. The minimum absolute atomic E-state index is 0.125. The zero-order chi connectivity index (χ0) is 16.6. The van der Waals surface area contributed by atoms with Crippen molar-refractivity contribution in [2.45, 2.75) is 26.2 Å². The highest BCUT2D eigenvalue weighted by Crippen LogP contribution is 2.32. The molecule has 0 aliphatic rings. The Balaban J connectivity index is 1.94. The second kappa shape index (κ2) is 6.21. The van der Waals surface area contributed by atoms with Crippen LogP contribution in [0, 0.1) is 0 Å². The van der Waals surface area contributed by atoms with Crippen LogP contribution >= 0.6 is 31.9 Å². The smallest absolute Gasteiger partial charge is 0.249 e. The van der Waals surface area contributed by atoms with Crippen molar-refractivity contribution in [2.75, 3.05) is 0 Å². The molecule has 1 heterocycles. The minimum Gasteiger partial charge on any atom is -0.416 e. The second-order valence-corrected chi connectivity index (χ2v) is 8.13. The van der Waals surface area contributed by atoms with Crippen molar-refractivity contribution in [1.82, 2.24) is 10.2 Å². The monoisotopic (exact) mass is 434 g/mol. The van der Waals surface area contributed by atoms with Gasteiger partial charge in [-0.2, -0.15) is 0 Å². The molecule has 5 heteroatoms. The van der Waals surface area contributed by atoms with Crippen LogP contribution in [0.4, 0.5) is 0 Å². The van der Waals surface area contributed by atoms with Gasteiger partial charge < -0.3 is 4.42 Å². The number of rotatable bonds is 2. The third kappa shape index (κ3) is 3.56. The SMILES string of the molecule is CC(C)(C)c1ccc(-c2nnc(-c3cc(Br)ccc3Br)o2)cc1. The molecule has 0 radical (unpaired) electrons. The lowest BCUT2D eigenvalue weighted by molar-refractivity contribution is 0.581. The fourth-order valence-electron chi connectivity index (χ4n) is 2.22. The molecule has 118 valence electrons. The number of aromatic nitrogens is 2. The zero-order valence-corrected chi connectivity index (χ0v) is 16.3. The number of nitrogens with zero attached hydrogens (tertiary/aromatic N) is 2. The second-order valence-electron chi connectivity index (χ2n) is 6.36. The first-order valence-electron chi connectivity index (χ1n) is 7.24. The predicted molar refractivity (Wildman–Crippen MR) is 99.3 cm³/mol. The van der Waals surface area contributed by atoms with Crippen LogP contribution in [0.3, 0.4) is 0 Å². The van der Waals surface area contributed by atoms with E-state index in [0.717, 1.165) is 20.1 Å². The van der Waals surface area contributed by atoms with Crippen LogP contribution in [0.5, 0.6) is 0 Å². The third-order valence-electron chi connectivity index (χ3n) is 3.58. The molecule has 1 aromatic heterocycles. The maximum Gasteiger partial charge on any atom is 0.249 e. The number of halogens is 2. The average molecular weight is 436 g/mol. The third-order valence-corrected chi connectivity index (χ3v) is 4.77. The van der Waals surface area contributed by atoms with E-state index in [2.05, 4.69) is 75.0 Å². The van der Waals surface area contributed by atoms with Crippen LogP contribution < -0.4 is 0 Å². The van der Waals surface area contributed by atoms with Crippen LogP contribution in [-0.2, 0) is 5.41 Å². The fraction of sp³-hybridized carbons (Fsp3) is 0.222. The van der Waals surface area contributed by atoms with Gasteiger partial charge >= 0.3 is 0 Å². The van der Waals surface area contributed by atoms with Gasteiger partial charge in [0.2, 0.25) is 11.8 Å². The summed E-state index contributed by atoms with van der Waals surface area (Å²) in [5.41, 5.74) is 3.18. The molecule has 0 amide bonds. The van der Waals surface area contributed by atoms with Gasteiger partial charge in [0.15, 0.2) is 0 Å². The van der Waals surface area contributed by atoms with E-state index in [1.807, 2.05) is 30.3 Å². The molecule has 23 heavy (non-hydrogen) atoms. The Morgan fingerprint density at radius 1 is 0.870 bits per heavy atom. The summed E-state index contributed by atoms with van der Waals surface area (Å²) in [7, 11) is 0. The Kier molecular flexibility index (Phi) is 4.43. The highest BCUT2D eigenvalue weighted by atomic mass is 79.9. The molecule has 2 aromatic carbocycles. The van der Waals surface area contributed by atoms with Gasteiger partial charge in [0.1, 0.15) is 0 Å². The van der Waals surface area contributed by atoms with Gasteiger partial charge in [-0.05, 0) is 57.2 Å². The lowest BCUT2D eigenvalue weighted by atomic mass is 9.87. The summed E-state index contributed by atoms with van der Waals surface area (Å²) in [5.74, 6) is 1.01. The molecule has 3 aromatic rings. The molecule has 0 atom stereocenters. The first-order valence-corrected chi connectivity index (χ1v) is 8.83. The normalized spacial score (nSPS) is 11.7. The Hall–Kier alpha value is -1.46. The summed E-state index contributed by atoms with van der Waals surface area (Å²) in [5, 5.41) is 8.34. The topological polar surface area (TPSA) is 38.9 Å². The van der Waals surface area contributed by atoms with Crippen molar-refractivity contribution >= 4 is 31.9 Å². The van der Waals surface area contributed by atoms with Crippen molar-refractivity contribution in [3.05, 3.63) is 57.0 Å². The number of benzene rings is 2. The van der Waals surface area contributed by atoms with E-state index in [1.165, 1.54) is 5.56 Å². The minimum atomic E-state index is 0.125. The Bertz CT molecular complexity index is 833. The molecule has 0 saturated carbocycles. The zero-order valence-electron chi connectivity index (χ0n) is 13.1. The first-order chi connectivity index (χ1) is 10.8. The highest BCUT2D eigenvalue weighted by Gasteiger charge is 2.16. The average Bonchev–Trinajstić information content (AvgIpc) is 2.99. The summed E-state index contributed by atoms with van der Waals surface area (Å²) < 4.78 is 7.72. The van der Waals surface area contributed by atoms with Crippen LogP contribution in [-0.4, -0.2) is 10.2 Å². The van der Waals surface area contributed by atoms with E-state index < -0.39 is 0 Å². The predicted octanol–water partition coefficient (Wildman–Crippen LogP) is 6.23. The summed E-state index contributed by atoms with van der Waals surface area (Å²) in [6.07, 6.45) is 0. The van der Waals surface area contributed by atoms with Crippen molar-refractivity contribution in [1.29, 1.82) is 0 Å². The van der Waals surface area contributed by atoms with E-state index >= 15 is 0 Å². The van der Waals surface area contributed by atoms with Crippen molar-refractivity contribution in [2.24, 2.45) is 0 Å². The molecule has 3 rings (SSSR count). The quantitative estimate of drug-likeness (QED) is 0.479. The molecule has 0 bridgehead atoms. The molecule has 0 spiro atoms. The highest BCUT2D eigenvalue weighted by molar-refractivity contribution is 9.11. The maximum absolute atomic E-state index is 5.84. The molecule has 0 aliphatic heterocycles. The van der Waals surface area contributed by atoms with Gasteiger partial charge in [0.05, 0.1) is 5.56 Å². The lowest BCUT2D eigenvalue weighted by Crippen LogP contribution is -2.10. The van der Waals surface area contributed by atoms with Crippen molar-refractivity contribution in [3.63, 3.8) is 0 Å². The molecular weight excluding hydrogens is 420 g/mol. The lowest BCUT2D eigenvalue weighted by Gasteiger charge is -2.18. The maximum atomic E-state index is 5.84. The fourth-order valence-corrected chi connectivity index (χ4v) is 3.00. The van der Waals surface area contributed by atoms with Gasteiger partial charge in [-0.1, -0.05) is 48.8 Å². The van der Waals surface area contributed by atoms with E-state index in [0.29, 0.717) is 11.8 Å². The standard InChI is InChI=1S/C18H16Br2N2O/c1-18(2,3)12-6-4-11(5-7-12)16-21-22-17(23-16)14-10-13(19)8-9-15(14)20/h4-10H,1-3H3. The van der Waals surface area contributed by atoms with E-state index in [9.17, 15) is 0 Å². The number of hydrogen-bond donors (Lipinski definition) is 0. The van der Waals surface area contributed by atoms with E-state index in [-0.39, 0.29) is 5.41 Å². The van der Waals surface area contributed by atoms with Gasteiger partial charge in [-0.3, -0.25) is 0 Å². The van der Waals surface area contributed by atoms with Crippen LogP contribution in [0.15, 0.2) is 55.8 Å². The molecular formula is C18H16Br2N2O. The van der Waals surface area contributed by atoms with E-state index in [4.69, 9.17) is 4.42 Å². The first kappa shape index (κ1) is 16.4. The van der Waals surface area contributed by atoms with Gasteiger partial charge in [0.25, 0.3) is 0 Å².